The Kier molecular flexibility index (Phi) is 4.62. The second kappa shape index (κ2) is 5.75. The summed E-state index contributed by atoms with van der Waals surface area (Å²) in [5.41, 5.74) is 0. The molecule has 0 N–H and O–H groups in total. The van der Waals surface area contributed by atoms with Gasteiger partial charge in [0.2, 0.25) is 5.92 Å². The van der Waals surface area contributed by atoms with Crippen LogP contribution in [0.4, 0.5) is 0 Å². The summed E-state index contributed by atoms with van der Waals surface area (Å²) >= 11 is 1.13. The maximum Gasteiger partial charge on any atom is 0.260 e. The summed E-state index contributed by atoms with van der Waals surface area (Å²) in [7, 11) is 0. The zero-order valence-corrected chi connectivity index (χ0v) is 10.3. The van der Waals surface area contributed by atoms with Crippen molar-refractivity contribution in [2.45, 2.75) is 26.7 Å². The fourth-order valence-corrected chi connectivity index (χ4v) is 2.55. The lowest BCUT2D eigenvalue weighted by molar-refractivity contribution is -0.141. The first kappa shape index (κ1) is 12.8. The molecule has 0 atom stereocenters. The molecule has 0 unspecified atom stereocenters. The van der Waals surface area contributed by atoms with E-state index >= 15 is 0 Å². The first-order valence-electron chi connectivity index (χ1n) is 5.36. The van der Waals surface area contributed by atoms with Crippen molar-refractivity contribution in [1.82, 2.24) is 8.61 Å². The minimum absolute atomic E-state index is 0.383. The molecular weight excluding hydrogens is 226 g/mol. The maximum atomic E-state index is 11.7. The summed E-state index contributed by atoms with van der Waals surface area (Å²) in [4.78, 5) is 23.5. The molecule has 5 nitrogen and oxygen atoms in total. The van der Waals surface area contributed by atoms with Crippen LogP contribution in [-0.2, 0) is 9.59 Å². The van der Waals surface area contributed by atoms with Crippen LogP contribution in [0.3, 0.4) is 0 Å². The van der Waals surface area contributed by atoms with Gasteiger partial charge in [0.05, 0.1) is 18.2 Å². The highest BCUT2D eigenvalue weighted by Gasteiger charge is 2.40. The van der Waals surface area contributed by atoms with Crippen molar-refractivity contribution >= 4 is 23.9 Å². The molecule has 0 aromatic heterocycles. The van der Waals surface area contributed by atoms with Crippen molar-refractivity contribution in [3.05, 3.63) is 0 Å². The molecule has 1 saturated heterocycles. The van der Waals surface area contributed by atoms with Crippen molar-refractivity contribution in [3.8, 4) is 6.07 Å². The lowest BCUT2D eigenvalue weighted by Gasteiger charge is -2.34. The van der Waals surface area contributed by atoms with E-state index in [1.807, 2.05) is 13.8 Å². The quantitative estimate of drug-likeness (QED) is 0.547. The van der Waals surface area contributed by atoms with Gasteiger partial charge < -0.3 is 0 Å². The molecule has 1 fully saturated rings. The Morgan fingerprint density at radius 1 is 1.19 bits per heavy atom. The second-order valence-corrected chi connectivity index (χ2v) is 4.57. The number of carbonyl (C=O) groups is 2. The third kappa shape index (κ3) is 2.47. The SMILES string of the molecule is CCCN1SN(CCC)C(=O)C(C#N)C1=O. The number of carbonyl (C=O) groups excluding carboxylic acids is 2. The normalized spacial score (nSPS) is 17.8. The molecule has 1 rings (SSSR count). The average molecular weight is 241 g/mol. The molecule has 0 aromatic rings. The Bertz CT molecular complexity index is 303. The second-order valence-electron chi connectivity index (χ2n) is 3.52. The summed E-state index contributed by atoms with van der Waals surface area (Å²) < 4.78 is 3.01. The Hall–Kier alpha value is -1.22. The van der Waals surface area contributed by atoms with E-state index in [4.69, 9.17) is 5.26 Å². The molecule has 0 aromatic carbocycles. The smallest absolute Gasteiger partial charge is 0.260 e. The van der Waals surface area contributed by atoms with Gasteiger partial charge in [0.25, 0.3) is 11.8 Å². The lowest BCUT2D eigenvalue weighted by atomic mass is 10.1. The van der Waals surface area contributed by atoms with Crippen LogP contribution in [0.1, 0.15) is 26.7 Å². The van der Waals surface area contributed by atoms with Crippen molar-refractivity contribution in [2.75, 3.05) is 13.1 Å². The number of hydrogen-bond acceptors (Lipinski definition) is 4. The standard InChI is InChI=1S/C10H15N3O2S/c1-3-5-12-9(14)8(7-11)10(15)13(16-12)6-4-2/h8H,3-6H2,1-2H3. The molecule has 1 aliphatic heterocycles. The van der Waals surface area contributed by atoms with E-state index in [0.29, 0.717) is 13.1 Å². The summed E-state index contributed by atoms with van der Waals surface area (Å²) in [5.74, 6) is -1.92. The highest BCUT2D eigenvalue weighted by Crippen LogP contribution is 2.28. The van der Waals surface area contributed by atoms with Crippen LogP contribution in [0.15, 0.2) is 0 Å². The minimum Gasteiger partial charge on any atom is -0.272 e. The fourth-order valence-electron chi connectivity index (χ4n) is 1.41. The van der Waals surface area contributed by atoms with Gasteiger partial charge in [-0.2, -0.15) is 5.26 Å². The molecule has 2 amide bonds. The predicted molar refractivity (Wildman–Crippen MR) is 60.7 cm³/mol. The Balaban J connectivity index is 2.83. The molecule has 16 heavy (non-hydrogen) atoms. The van der Waals surface area contributed by atoms with Crippen LogP contribution in [0.5, 0.6) is 0 Å². The van der Waals surface area contributed by atoms with Crippen molar-refractivity contribution in [3.63, 3.8) is 0 Å². The number of rotatable bonds is 4. The average Bonchev–Trinajstić information content (AvgIpc) is 2.26. The largest absolute Gasteiger partial charge is 0.272 e. The molecule has 1 heterocycles. The molecule has 88 valence electrons. The summed E-state index contributed by atoms with van der Waals surface area (Å²) in [6, 6.07) is 1.78. The maximum absolute atomic E-state index is 11.7. The Labute approximate surface area is 99.6 Å². The number of nitrogens with zero attached hydrogens (tertiary/aromatic N) is 3. The van der Waals surface area contributed by atoms with Gasteiger partial charge in [-0.3, -0.25) is 18.2 Å². The number of amides is 2. The predicted octanol–water partition coefficient (Wildman–Crippen LogP) is 1.18. The molecule has 0 radical (unpaired) electrons. The van der Waals surface area contributed by atoms with E-state index in [9.17, 15) is 9.59 Å². The van der Waals surface area contributed by atoms with Crippen LogP contribution >= 0.6 is 12.1 Å². The van der Waals surface area contributed by atoms with E-state index in [1.165, 1.54) is 8.61 Å². The molecule has 0 aliphatic carbocycles. The van der Waals surface area contributed by atoms with Crippen LogP contribution in [0.2, 0.25) is 0 Å². The monoisotopic (exact) mass is 241 g/mol. The Morgan fingerprint density at radius 2 is 1.62 bits per heavy atom. The first-order valence-corrected chi connectivity index (χ1v) is 6.09. The van der Waals surface area contributed by atoms with Gasteiger partial charge in [0.15, 0.2) is 0 Å². The van der Waals surface area contributed by atoms with Gasteiger partial charge in [0, 0.05) is 13.1 Å². The van der Waals surface area contributed by atoms with E-state index < -0.39 is 5.92 Å². The first-order chi connectivity index (χ1) is 7.65. The molecule has 6 heteroatoms. The zero-order valence-electron chi connectivity index (χ0n) is 9.47. The zero-order chi connectivity index (χ0) is 12.1. The van der Waals surface area contributed by atoms with Crippen molar-refractivity contribution in [2.24, 2.45) is 5.92 Å². The van der Waals surface area contributed by atoms with E-state index in [2.05, 4.69) is 0 Å². The third-order valence-corrected chi connectivity index (χ3v) is 3.28. The molecule has 0 saturated carbocycles. The highest BCUT2D eigenvalue weighted by atomic mass is 32.2. The lowest BCUT2D eigenvalue weighted by Crippen LogP contribution is -2.48. The number of nitriles is 1. The van der Waals surface area contributed by atoms with Gasteiger partial charge in [-0.1, -0.05) is 13.8 Å². The molecule has 1 aliphatic rings. The van der Waals surface area contributed by atoms with E-state index in [-0.39, 0.29) is 11.8 Å². The summed E-state index contributed by atoms with van der Waals surface area (Å²) in [5, 5.41) is 8.85. The van der Waals surface area contributed by atoms with Crippen molar-refractivity contribution < 1.29 is 9.59 Å². The Morgan fingerprint density at radius 3 is 1.94 bits per heavy atom. The minimum atomic E-state index is -1.15. The fraction of sp³-hybridized carbons (Fsp3) is 0.700. The molecule has 0 spiro atoms. The summed E-state index contributed by atoms with van der Waals surface area (Å²) in [6.07, 6.45) is 1.62. The third-order valence-electron chi connectivity index (χ3n) is 2.17. The van der Waals surface area contributed by atoms with Crippen LogP contribution in [-0.4, -0.2) is 33.5 Å². The van der Waals surface area contributed by atoms with Gasteiger partial charge in [-0.25, -0.2) is 0 Å². The van der Waals surface area contributed by atoms with Crippen LogP contribution < -0.4 is 0 Å². The van der Waals surface area contributed by atoms with Gasteiger partial charge in [-0.15, -0.1) is 0 Å². The van der Waals surface area contributed by atoms with Gasteiger partial charge in [0.1, 0.15) is 0 Å². The van der Waals surface area contributed by atoms with Crippen LogP contribution in [0.25, 0.3) is 0 Å². The molecule has 0 bridgehead atoms. The van der Waals surface area contributed by atoms with Gasteiger partial charge in [-0.05, 0) is 12.8 Å². The van der Waals surface area contributed by atoms with E-state index in [0.717, 1.165) is 25.0 Å². The molecular formula is C10H15N3O2S. The van der Waals surface area contributed by atoms with Crippen molar-refractivity contribution in [1.29, 1.82) is 5.26 Å². The topological polar surface area (TPSA) is 64.4 Å². The summed E-state index contributed by atoms with van der Waals surface area (Å²) in [6.45, 7) is 5.04. The number of hydrogen-bond donors (Lipinski definition) is 0. The van der Waals surface area contributed by atoms with Gasteiger partial charge >= 0.3 is 0 Å². The van der Waals surface area contributed by atoms with Crippen LogP contribution in [0, 0.1) is 17.2 Å². The highest BCUT2D eigenvalue weighted by molar-refractivity contribution is 7.95. The van der Waals surface area contributed by atoms with E-state index in [1.54, 1.807) is 6.07 Å².